The third-order valence-electron chi connectivity index (χ3n) is 3.37. The van der Waals surface area contributed by atoms with Gasteiger partial charge in [0.2, 0.25) is 0 Å². The van der Waals surface area contributed by atoms with Gasteiger partial charge in [-0.1, -0.05) is 20.3 Å². The molecular formula is C13H28N2O. The lowest BCUT2D eigenvalue weighted by atomic mass is 10.1. The fraction of sp³-hybridized carbons (Fsp3) is 1.00. The first kappa shape index (κ1) is 13.9. The van der Waals surface area contributed by atoms with Crippen molar-refractivity contribution in [3.05, 3.63) is 0 Å². The van der Waals surface area contributed by atoms with Crippen LogP contribution in [0.1, 0.15) is 39.5 Å². The largest absolute Gasteiger partial charge is 0.378 e. The van der Waals surface area contributed by atoms with Gasteiger partial charge in [-0.15, -0.1) is 0 Å². The number of hydrogen-bond donors (Lipinski definition) is 1. The quantitative estimate of drug-likeness (QED) is 0.642. The molecule has 16 heavy (non-hydrogen) atoms. The van der Waals surface area contributed by atoms with E-state index < -0.39 is 0 Å². The molecule has 0 aliphatic carbocycles. The summed E-state index contributed by atoms with van der Waals surface area (Å²) in [4.78, 5) is 2.61. The predicted molar refractivity (Wildman–Crippen MR) is 68.9 cm³/mol. The first-order chi connectivity index (χ1) is 7.88. The van der Waals surface area contributed by atoms with E-state index in [-0.39, 0.29) is 0 Å². The first-order valence-electron chi connectivity index (χ1n) is 6.91. The van der Waals surface area contributed by atoms with Gasteiger partial charge in [0.1, 0.15) is 0 Å². The Labute approximate surface area is 101 Å². The number of ether oxygens (including phenoxy) is 1. The number of morpholine rings is 1. The van der Waals surface area contributed by atoms with Crippen LogP contribution in [-0.2, 0) is 4.74 Å². The Balaban J connectivity index is 2.02. The van der Waals surface area contributed by atoms with Gasteiger partial charge in [-0.3, -0.25) is 4.90 Å². The average Bonchev–Trinajstić information content (AvgIpc) is 2.34. The molecule has 0 saturated carbocycles. The van der Waals surface area contributed by atoms with Crippen molar-refractivity contribution in [3.8, 4) is 0 Å². The van der Waals surface area contributed by atoms with Crippen LogP contribution in [-0.4, -0.2) is 50.3 Å². The SMILES string of the molecule is CCNCCCCCN1CCOCC1CC. The van der Waals surface area contributed by atoms with Crippen molar-refractivity contribution in [2.24, 2.45) is 0 Å². The van der Waals surface area contributed by atoms with Crippen molar-refractivity contribution in [2.45, 2.75) is 45.6 Å². The van der Waals surface area contributed by atoms with Crippen LogP contribution in [0.3, 0.4) is 0 Å². The number of unbranched alkanes of at least 4 members (excludes halogenated alkanes) is 2. The molecule has 1 unspecified atom stereocenters. The lowest BCUT2D eigenvalue weighted by molar-refractivity contribution is -0.00916. The Morgan fingerprint density at radius 3 is 2.88 bits per heavy atom. The maximum Gasteiger partial charge on any atom is 0.0622 e. The molecular weight excluding hydrogens is 200 g/mol. The number of hydrogen-bond acceptors (Lipinski definition) is 3. The molecule has 1 fully saturated rings. The highest BCUT2D eigenvalue weighted by molar-refractivity contribution is 4.73. The zero-order valence-electron chi connectivity index (χ0n) is 11.0. The summed E-state index contributed by atoms with van der Waals surface area (Å²) in [6.07, 6.45) is 5.22. The van der Waals surface area contributed by atoms with E-state index in [2.05, 4.69) is 24.1 Å². The minimum Gasteiger partial charge on any atom is -0.378 e. The van der Waals surface area contributed by atoms with Gasteiger partial charge in [0.05, 0.1) is 13.2 Å². The van der Waals surface area contributed by atoms with Gasteiger partial charge in [-0.05, 0) is 38.9 Å². The molecule has 0 spiro atoms. The molecule has 0 aromatic carbocycles. The van der Waals surface area contributed by atoms with E-state index in [4.69, 9.17) is 4.74 Å². The van der Waals surface area contributed by atoms with Crippen molar-refractivity contribution >= 4 is 0 Å². The summed E-state index contributed by atoms with van der Waals surface area (Å²) >= 11 is 0. The summed E-state index contributed by atoms with van der Waals surface area (Å²) in [7, 11) is 0. The molecule has 1 N–H and O–H groups in total. The smallest absolute Gasteiger partial charge is 0.0622 e. The van der Waals surface area contributed by atoms with Gasteiger partial charge >= 0.3 is 0 Å². The van der Waals surface area contributed by atoms with Crippen LogP contribution >= 0.6 is 0 Å². The van der Waals surface area contributed by atoms with E-state index in [1.807, 2.05) is 0 Å². The highest BCUT2D eigenvalue weighted by Crippen LogP contribution is 2.11. The van der Waals surface area contributed by atoms with E-state index >= 15 is 0 Å². The Morgan fingerprint density at radius 1 is 1.25 bits per heavy atom. The molecule has 0 aromatic heterocycles. The molecule has 0 radical (unpaired) electrons. The summed E-state index contributed by atoms with van der Waals surface area (Å²) < 4.78 is 5.51. The summed E-state index contributed by atoms with van der Waals surface area (Å²) in [5.74, 6) is 0. The van der Waals surface area contributed by atoms with E-state index in [1.165, 1.54) is 38.8 Å². The second-order valence-corrected chi connectivity index (χ2v) is 4.59. The second kappa shape index (κ2) is 8.97. The van der Waals surface area contributed by atoms with Gasteiger partial charge in [0.15, 0.2) is 0 Å². The lowest BCUT2D eigenvalue weighted by Crippen LogP contribution is -2.45. The van der Waals surface area contributed by atoms with Gasteiger partial charge in [-0.25, -0.2) is 0 Å². The van der Waals surface area contributed by atoms with Gasteiger partial charge < -0.3 is 10.1 Å². The average molecular weight is 228 g/mol. The topological polar surface area (TPSA) is 24.5 Å². The maximum absolute atomic E-state index is 5.51. The molecule has 1 heterocycles. The zero-order chi connectivity index (χ0) is 11.6. The van der Waals surface area contributed by atoms with Crippen LogP contribution in [0, 0.1) is 0 Å². The molecule has 1 aliphatic rings. The predicted octanol–water partition coefficient (Wildman–Crippen LogP) is 1.88. The van der Waals surface area contributed by atoms with Crippen LogP contribution in [0.5, 0.6) is 0 Å². The van der Waals surface area contributed by atoms with Gasteiger partial charge in [-0.2, -0.15) is 0 Å². The molecule has 1 atom stereocenters. The van der Waals surface area contributed by atoms with Crippen molar-refractivity contribution in [1.29, 1.82) is 0 Å². The van der Waals surface area contributed by atoms with Crippen LogP contribution in [0.15, 0.2) is 0 Å². The molecule has 0 amide bonds. The van der Waals surface area contributed by atoms with Crippen LogP contribution < -0.4 is 5.32 Å². The zero-order valence-corrected chi connectivity index (χ0v) is 11.0. The number of nitrogens with one attached hydrogen (secondary N) is 1. The number of nitrogens with zero attached hydrogens (tertiary/aromatic N) is 1. The van der Waals surface area contributed by atoms with Gasteiger partial charge in [0, 0.05) is 12.6 Å². The molecule has 0 aromatic rings. The molecule has 3 heteroatoms. The highest BCUT2D eigenvalue weighted by atomic mass is 16.5. The monoisotopic (exact) mass is 228 g/mol. The highest BCUT2D eigenvalue weighted by Gasteiger charge is 2.20. The summed E-state index contributed by atoms with van der Waals surface area (Å²) in [6.45, 7) is 11.0. The fourth-order valence-electron chi connectivity index (χ4n) is 2.28. The van der Waals surface area contributed by atoms with Crippen molar-refractivity contribution < 1.29 is 4.74 Å². The summed E-state index contributed by atoms with van der Waals surface area (Å²) in [5.41, 5.74) is 0. The molecule has 0 bridgehead atoms. The third kappa shape index (κ3) is 5.28. The number of rotatable bonds is 8. The summed E-state index contributed by atoms with van der Waals surface area (Å²) in [5, 5.41) is 3.37. The van der Waals surface area contributed by atoms with Crippen molar-refractivity contribution in [1.82, 2.24) is 10.2 Å². The van der Waals surface area contributed by atoms with E-state index in [1.54, 1.807) is 0 Å². The molecule has 1 saturated heterocycles. The minimum absolute atomic E-state index is 0.669. The molecule has 3 nitrogen and oxygen atoms in total. The van der Waals surface area contributed by atoms with E-state index in [9.17, 15) is 0 Å². The Kier molecular flexibility index (Phi) is 7.81. The van der Waals surface area contributed by atoms with Crippen molar-refractivity contribution in [3.63, 3.8) is 0 Å². The van der Waals surface area contributed by atoms with Crippen LogP contribution in [0.2, 0.25) is 0 Å². The van der Waals surface area contributed by atoms with Gasteiger partial charge in [0.25, 0.3) is 0 Å². The Morgan fingerprint density at radius 2 is 2.12 bits per heavy atom. The molecule has 96 valence electrons. The third-order valence-corrected chi connectivity index (χ3v) is 3.37. The standard InChI is InChI=1S/C13H28N2O/c1-3-13-12-16-11-10-15(13)9-7-5-6-8-14-4-2/h13-14H,3-12H2,1-2H3. The summed E-state index contributed by atoms with van der Waals surface area (Å²) in [6, 6.07) is 0.669. The molecule has 1 aliphatic heterocycles. The fourth-order valence-corrected chi connectivity index (χ4v) is 2.28. The van der Waals surface area contributed by atoms with Crippen molar-refractivity contribution in [2.75, 3.05) is 39.4 Å². The minimum atomic E-state index is 0.669. The van der Waals surface area contributed by atoms with E-state index in [0.717, 1.165) is 26.3 Å². The van der Waals surface area contributed by atoms with E-state index in [0.29, 0.717) is 6.04 Å². The lowest BCUT2D eigenvalue weighted by Gasteiger charge is -2.35. The normalized spacial score (nSPS) is 22.5. The first-order valence-corrected chi connectivity index (χ1v) is 6.91. The Bertz CT molecular complexity index is 164. The Hall–Kier alpha value is -0.120. The molecule has 1 rings (SSSR count). The second-order valence-electron chi connectivity index (χ2n) is 4.59. The maximum atomic E-state index is 5.51. The van der Waals surface area contributed by atoms with Crippen LogP contribution in [0.4, 0.5) is 0 Å². The van der Waals surface area contributed by atoms with Crippen LogP contribution in [0.25, 0.3) is 0 Å².